The second-order valence-electron chi connectivity index (χ2n) is 5.77. The number of fused-ring (bicyclic) bond motifs is 3. The third-order valence-electron chi connectivity index (χ3n) is 4.36. The number of hydrogen-bond donors (Lipinski definition) is 1. The minimum atomic E-state index is -0.223. The molecule has 8 heteroatoms. The lowest BCUT2D eigenvalue weighted by molar-refractivity contribution is 0.0721. The maximum Gasteiger partial charge on any atom is 0.292 e. The standard InChI is InChI=1S/C17H14Cl2N4O2/c1-25-13-4-6-20-16(22-13)17(24)23-7-5-12-10(8-23)9-2-3-11(18)14(19)15(9)21-12/h2-4,6,21H,5,7-8H2,1H3. The number of halogens is 2. The molecule has 0 fully saturated rings. The number of carbonyl (C=O) groups is 1. The molecule has 1 aromatic carbocycles. The van der Waals surface area contributed by atoms with E-state index in [0.717, 1.165) is 22.2 Å². The van der Waals surface area contributed by atoms with Crippen LogP contribution in [-0.4, -0.2) is 39.4 Å². The van der Waals surface area contributed by atoms with Crippen molar-refractivity contribution in [1.29, 1.82) is 0 Å². The predicted molar refractivity (Wildman–Crippen MR) is 95.3 cm³/mol. The van der Waals surface area contributed by atoms with Gasteiger partial charge in [-0.05, 0) is 6.07 Å². The Labute approximate surface area is 153 Å². The molecule has 1 amide bonds. The van der Waals surface area contributed by atoms with Gasteiger partial charge in [-0.25, -0.2) is 4.98 Å². The summed E-state index contributed by atoms with van der Waals surface area (Å²) in [6, 6.07) is 5.30. The Balaban J connectivity index is 1.68. The monoisotopic (exact) mass is 376 g/mol. The molecule has 0 spiro atoms. The van der Waals surface area contributed by atoms with Crippen LogP contribution in [0.25, 0.3) is 10.9 Å². The molecule has 4 rings (SSSR count). The Hall–Kier alpha value is -2.31. The third kappa shape index (κ3) is 2.71. The Morgan fingerprint density at radius 3 is 2.96 bits per heavy atom. The van der Waals surface area contributed by atoms with Crippen molar-refractivity contribution in [3.8, 4) is 5.88 Å². The maximum atomic E-state index is 12.7. The molecular formula is C17H14Cl2N4O2. The summed E-state index contributed by atoms with van der Waals surface area (Å²) >= 11 is 12.4. The van der Waals surface area contributed by atoms with Crippen molar-refractivity contribution in [3.05, 3.63) is 51.5 Å². The predicted octanol–water partition coefficient (Wildman–Crippen LogP) is 3.47. The number of H-pyrrole nitrogens is 1. The molecule has 25 heavy (non-hydrogen) atoms. The minimum Gasteiger partial charge on any atom is -0.481 e. The van der Waals surface area contributed by atoms with Gasteiger partial charge in [-0.15, -0.1) is 0 Å². The zero-order chi connectivity index (χ0) is 17.6. The first-order valence-electron chi connectivity index (χ1n) is 7.72. The van der Waals surface area contributed by atoms with Gasteiger partial charge in [0.25, 0.3) is 5.91 Å². The summed E-state index contributed by atoms with van der Waals surface area (Å²) in [5, 5.41) is 1.99. The molecule has 1 aliphatic rings. The fourth-order valence-electron chi connectivity index (χ4n) is 3.10. The van der Waals surface area contributed by atoms with E-state index >= 15 is 0 Å². The summed E-state index contributed by atoms with van der Waals surface area (Å²) in [6.45, 7) is 1.04. The molecule has 0 unspecified atom stereocenters. The number of methoxy groups -OCH3 is 1. The summed E-state index contributed by atoms with van der Waals surface area (Å²) in [7, 11) is 1.50. The number of nitrogens with one attached hydrogen (secondary N) is 1. The van der Waals surface area contributed by atoms with Crippen molar-refractivity contribution >= 4 is 40.0 Å². The lowest BCUT2D eigenvalue weighted by atomic mass is 10.0. The molecule has 128 valence electrons. The summed E-state index contributed by atoms with van der Waals surface area (Å²) in [5.41, 5.74) is 2.94. The summed E-state index contributed by atoms with van der Waals surface area (Å²) in [6.07, 6.45) is 2.22. The van der Waals surface area contributed by atoms with Crippen LogP contribution < -0.4 is 4.74 Å². The topological polar surface area (TPSA) is 71.1 Å². The van der Waals surface area contributed by atoms with Crippen LogP contribution in [0.4, 0.5) is 0 Å². The Morgan fingerprint density at radius 1 is 1.32 bits per heavy atom. The number of ether oxygens (including phenoxy) is 1. The van der Waals surface area contributed by atoms with Gasteiger partial charge in [-0.3, -0.25) is 4.79 Å². The maximum absolute atomic E-state index is 12.7. The molecule has 0 saturated heterocycles. The molecule has 3 aromatic rings. The first kappa shape index (κ1) is 16.2. The van der Waals surface area contributed by atoms with Crippen molar-refractivity contribution in [2.24, 2.45) is 0 Å². The quantitative estimate of drug-likeness (QED) is 0.743. The van der Waals surface area contributed by atoms with Crippen LogP contribution in [0.5, 0.6) is 5.88 Å². The second-order valence-corrected chi connectivity index (χ2v) is 6.55. The summed E-state index contributed by atoms with van der Waals surface area (Å²) in [5.74, 6) is 0.271. The fourth-order valence-corrected chi connectivity index (χ4v) is 3.47. The van der Waals surface area contributed by atoms with Gasteiger partial charge in [-0.1, -0.05) is 29.3 Å². The van der Waals surface area contributed by atoms with Crippen LogP contribution in [0.15, 0.2) is 24.4 Å². The first-order chi connectivity index (χ1) is 12.1. The van der Waals surface area contributed by atoms with Gasteiger partial charge in [0.1, 0.15) is 0 Å². The van der Waals surface area contributed by atoms with Gasteiger partial charge in [0.2, 0.25) is 11.7 Å². The average Bonchev–Trinajstić information content (AvgIpc) is 3.02. The van der Waals surface area contributed by atoms with Gasteiger partial charge < -0.3 is 14.6 Å². The summed E-state index contributed by atoms with van der Waals surface area (Å²) < 4.78 is 5.06. The Kier molecular flexibility index (Phi) is 4.01. The number of rotatable bonds is 2. The highest BCUT2D eigenvalue weighted by molar-refractivity contribution is 6.45. The smallest absolute Gasteiger partial charge is 0.292 e. The van der Waals surface area contributed by atoms with Crippen molar-refractivity contribution < 1.29 is 9.53 Å². The first-order valence-corrected chi connectivity index (χ1v) is 8.48. The van der Waals surface area contributed by atoms with Crippen LogP contribution in [-0.2, 0) is 13.0 Å². The Bertz CT molecular complexity index is 986. The molecule has 1 aliphatic heterocycles. The number of nitrogens with zero attached hydrogens (tertiary/aromatic N) is 3. The van der Waals surface area contributed by atoms with E-state index in [1.807, 2.05) is 6.07 Å². The van der Waals surface area contributed by atoms with Gasteiger partial charge >= 0.3 is 0 Å². The van der Waals surface area contributed by atoms with Crippen LogP contribution in [0.2, 0.25) is 10.0 Å². The molecule has 6 nitrogen and oxygen atoms in total. The van der Waals surface area contributed by atoms with E-state index < -0.39 is 0 Å². The molecule has 0 bridgehead atoms. The zero-order valence-corrected chi connectivity index (χ0v) is 14.9. The summed E-state index contributed by atoms with van der Waals surface area (Å²) in [4.78, 5) is 26.0. The normalized spacial score (nSPS) is 13.8. The van der Waals surface area contributed by atoms with Crippen LogP contribution in [0.1, 0.15) is 21.9 Å². The second kappa shape index (κ2) is 6.20. The SMILES string of the molecule is COc1ccnc(C(=O)N2CCc3[nH]c4c(Cl)c(Cl)ccc4c3C2)n1. The van der Waals surface area contributed by atoms with Crippen molar-refractivity contribution in [1.82, 2.24) is 19.9 Å². The van der Waals surface area contributed by atoms with E-state index in [9.17, 15) is 4.79 Å². The molecule has 0 radical (unpaired) electrons. The van der Waals surface area contributed by atoms with Crippen molar-refractivity contribution in [2.45, 2.75) is 13.0 Å². The highest BCUT2D eigenvalue weighted by Crippen LogP contribution is 2.35. The fraction of sp³-hybridized carbons (Fsp3) is 0.235. The highest BCUT2D eigenvalue weighted by Gasteiger charge is 2.27. The number of amides is 1. The molecule has 3 heterocycles. The van der Waals surface area contributed by atoms with E-state index in [0.29, 0.717) is 35.4 Å². The van der Waals surface area contributed by atoms with E-state index in [1.165, 1.54) is 13.3 Å². The van der Waals surface area contributed by atoms with Gasteiger partial charge in [0.15, 0.2) is 0 Å². The number of aromatic amines is 1. The largest absolute Gasteiger partial charge is 0.481 e. The van der Waals surface area contributed by atoms with Crippen LogP contribution in [0.3, 0.4) is 0 Å². The zero-order valence-electron chi connectivity index (χ0n) is 13.3. The molecule has 2 aromatic heterocycles. The van der Waals surface area contributed by atoms with Gasteiger partial charge in [0.05, 0.1) is 22.7 Å². The molecule has 0 aliphatic carbocycles. The highest BCUT2D eigenvalue weighted by atomic mass is 35.5. The van der Waals surface area contributed by atoms with E-state index in [4.69, 9.17) is 27.9 Å². The minimum absolute atomic E-state index is 0.128. The molecule has 1 N–H and O–H groups in total. The van der Waals surface area contributed by atoms with Gasteiger partial charge in [-0.2, -0.15) is 4.98 Å². The van der Waals surface area contributed by atoms with Crippen LogP contribution >= 0.6 is 23.2 Å². The van der Waals surface area contributed by atoms with E-state index in [1.54, 1.807) is 17.0 Å². The van der Waals surface area contributed by atoms with E-state index in [-0.39, 0.29) is 11.7 Å². The van der Waals surface area contributed by atoms with Crippen LogP contribution in [0, 0.1) is 0 Å². The number of hydrogen-bond acceptors (Lipinski definition) is 4. The molecule has 0 atom stereocenters. The van der Waals surface area contributed by atoms with Crippen molar-refractivity contribution in [2.75, 3.05) is 13.7 Å². The lowest BCUT2D eigenvalue weighted by Gasteiger charge is -2.26. The van der Waals surface area contributed by atoms with Gasteiger partial charge in [0, 0.05) is 48.4 Å². The third-order valence-corrected chi connectivity index (χ3v) is 5.16. The number of carbonyl (C=O) groups excluding carboxylic acids is 1. The lowest BCUT2D eigenvalue weighted by Crippen LogP contribution is -2.36. The average molecular weight is 377 g/mol. The number of aromatic nitrogens is 3. The molecular weight excluding hydrogens is 363 g/mol. The van der Waals surface area contributed by atoms with E-state index in [2.05, 4.69) is 15.0 Å². The number of benzene rings is 1. The molecule has 0 saturated carbocycles. The van der Waals surface area contributed by atoms with Crippen molar-refractivity contribution in [3.63, 3.8) is 0 Å². The Morgan fingerprint density at radius 2 is 2.16 bits per heavy atom.